The average Bonchev–Trinajstić information content (AvgIpc) is 2.33. The first kappa shape index (κ1) is 15.5. The highest BCUT2D eigenvalue weighted by molar-refractivity contribution is 4.89. The Morgan fingerprint density at radius 3 is 2.28 bits per heavy atom. The molecule has 0 aromatic heterocycles. The zero-order valence-corrected chi connectivity index (χ0v) is 12.5. The molecule has 0 amide bonds. The van der Waals surface area contributed by atoms with Crippen molar-refractivity contribution in [2.45, 2.75) is 51.6 Å². The van der Waals surface area contributed by atoms with Crippen molar-refractivity contribution < 1.29 is 0 Å². The highest BCUT2D eigenvalue weighted by Crippen LogP contribution is 2.16. The van der Waals surface area contributed by atoms with Crippen LogP contribution >= 0.6 is 0 Å². The summed E-state index contributed by atoms with van der Waals surface area (Å²) in [5.41, 5.74) is 0. The first-order valence-electron chi connectivity index (χ1n) is 7.46. The highest BCUT2D eigenvalue weighted by Gasteiger charge is 2.26. The van der Waals surface area contributed by atoms with E-state index in [1.165, 1.54) is 45.3 Å². The fraction of sp³-hybridized carbons (Fsp3) is 0.867. The fourth-order valence-electron chi connectivity index (χ4n) is 2.98. The molecule has 1 heterocycles. The molecule has 1 fully saturated rings. The van der Waals surface area contributed by atoms with E-state index in [1.807, 2.05) is 13.2 Å². The molecule has 0 aromatic carbocycles. The van der Waals surface area contributed by atoms with Gasteiger partial charge in [-0.2, -0.15) is 0 Å². The Bertz CT molecular complexity index is 218. The van der Waals surface area contributed by atoms with E-state index in [0.717, 1.165) is 6.54 Å². The molecule has 1 N–H and O–H groups in total. The van der Waals surface area contributed by atoms with Crippen LogP contribution in [-0.2, 0) is 0 Å². The Morgan fingerprint density at radius 2 is 1.72 bits per heavy atom. The largest absolute Gasteiger partial charge is 0.370 e. The highest BCUT2D eigenvalue weighted by atomic mass is 15.3. The summed E-state index contributed by atoms with van der Waals surface area (Å²) in [5.74, 6) is 0. The van der Waals surface area contributed by atoms with Gasteiger partial charge < -0.3 is 10.2 Å². The van der Waals surface area contributed by atoms with E-state index in [-0.39, 0.29) is 0 Å². The molecule has 3 nitrogen and oxygen atoms in total. The second-order valence-electron chi connectivity index (χ2n) is 5.61. The van der Waals surface area contributed by atoms with Crippen molar-refractivity contribution in [1.82, 2.24) is 15.1 Å². The van der Waals surface area contributed by atoms with Gasteiger partial charge in [-0.25, -0.2) is 0 Å². The van der Waals surface area contributed by atoms with Crippen LogP contribution in [0, 0.1) is 0 Å². The molecule has 0 aromatic rings. The molecule has 1 rings (SSSR count). The van der Waals surface area contributed by atoms with Crippen LogP contribution in [0.5, 0.6) is 0 Å². The van der Waals surface area contributed by atoms with E-state index < -0.39 is 0 Å². The van der Waals surface area contributed by atoms with Crippen LogP contribution in [0.4, 0.5) is 0 Å². The van der Waals surface area contributed by atoms with Crippen molar-refractivity contribution >= 4 is 0 Å². The van der Waals surface area contributed by atoms with Crippen LogP contribution in [0.3, 0.4) is 0 Å². The van der Waals surface area contributed by atoms with E-state index in [2.05, 4.69) is 35.5 Å². The van der Waals surface area contributed by atoms with Crippen molar-refractivity contribution in [1.29, 1.82) is 0 Å². The van der Waals surface area contributed by atoms with Gasteiger partial charge in [-0.1, -0.05) is 19.4 Å². The minimum Gasteiger partial charge on any atom is -0.370 e. The normalized spacial score (nSPS) is 25.4. The molecule has 0 aliphatic carbocycles. The van der Waals surface area contributed by atoms with E-state index in [0.29, 0.717) is 12.1 Å². The lowest BCUT2D eigenvalue weighted by molar-refractivity contribution is 0.0755. The third-order valence-electron chi connectivity index (χ3n) is 3.92. The van der Waals surface area contributed by atoms with E-state index in [9.17, 15) is 0 Å². The number of hydrogen-bond donors (Lipinski definition) is 1. The maximum absolute atomic E-state index is 3.92. The van der Waals surface area contributed by atoms with Gasteiger partial charge in [0.15, 0.2) is 0 Å². The molecule has 0 saturated carbocycles. The minimum absolute atomic E-state index is 0.607. The molecule has 2 atom stereocenters. The summed E-state index contributed by atoms with van der Waals surface area (Å²) < 4.78 is 0. The predicted octanol–water partition coefficient (Wildman–Crippen LogP) is 2.30. The lowest BCUT2D eigenvalue weighted by Gasteiger charge is -2.44. The summed E-state index contributed by atoms with van der Waals surface area (Å²) in [7, 11) is 2.03. The van der Waals surface area contributed by atoms with E-state index in [1.54, 1.807) is 0 Å². The monoisotopic (exact) mass is 253 g/mol. The van der Waals surface area contributed by atoms with Gasteiger partial charge in [0, 0.05) is 25.2 Å². The van der Waals surface area contributed by atoms with Gasteiger partial charge in [0.25, 0.3) is 0 Å². The zero-order chi connectivity index (χ0) is 13.4. The van der Waals surface area contributed by atoms with Crippen molar-refractivity contribution in [3.05, 3.63) is 12.8 Å². The van der Waals surface area contributed by atoms with Crippen molar-refractivity contribution in [3.8, 4) is 0 Å². The standard InChI is InChI=1S/C15H31N3/c1-5-18-14(2)12-17(13-15(18)3)11-9-7-6-8-10-16-4/h5,14-16H,1,6-13H2,2-4H3. The first-order chi connectivity index (χ1) is 8.69. The molecule has 106 valence electrons. The summed E-state index contributed by atoms with van der Waals surface area (Å²) in [4.78, 5) is 5.01. The zero-order valence-electron chi connectivity index (χ0n) is 12.5. The van der Waals surface area contributed by atoms with Gasteiger partial charge in [0.05, 0.1) is 0 Å². The van der Waals surface area contributed by atoms with Crippen LogP contribution in [0.25, 0.3) is 0 Å². The molecule has 18 heavy (non-hydrogen) atoms. The molecule has 1 aliphatic heterocycles. The number of nitrogens with one attached hydrogen (secondary N) is 1. The van der Waals surface area contributed by atoms with E-state index in [4.69, 9.17) is 0 Å². The summed E-state index contributed by atoms with van der Waals surface area (Å²) in [6, 6.07) is 1.21. The Hall–Kier alpha value is -0.540. The SMILES string of the molecule is C=CN1C(C)CN(CCCCCCNC)CC1C. The third-order valence-corrected chi connectivity index (χ3v) is 3.92. The summed E-state index contributed by atoms with van der Waals surface area (Å²) in [6.45, 7) is 13.3. The lowest BCUT2D eigenvalue weighted by atomic mass is 10.1. The number of rotatable bonds is 8. The maximum atomic E-state index is 3.92. The molecular weight excluding hydrogens is 222 g/mol. The topological polar surface area (TPSA) is 18.5 Å². The van der Waals surface area contributed by atoms with Crippen molar-refractivity contribution in [3.63, 3.8) is 0 Å². The second kappa shape index (κ2) is 8.54. The molecular formula is C15H31N3. The maximum Gasteiger partial charge on any atom is 0.0386 e. The smallest absolute Gasteiger partial charge is 0.0386 e. The Morgan fingerprint density at radius 1 is 1.11 bits per heavy atom. The molecule has 0 radical (unpaired) electrons. The van der Waals surface area contributed by atoms with Crippen LogP contribution in [0.2, 0.25) is 0 Å². The van der Waals surface area contributed by atoms with Gasteiger partial charge in [-0.15, -0.1) is 0 Å². The Kier molecular flexibility index (Phi) is 7.36. The van der Waals surface area contributed by atoms with Gasteiger partial charge in [0.2, 0.25) is 0 Å². The lowest BCUT2D eigenvalue weighted by Crippen LogP contribution is -2.54. The Labute approximate surface area is 113 Å². The molecule has 1 saturated heterocycles. The number of piperazine rings is 1. The van der Waals surface area contributed by atoms with E-state index >= 15 is 0 Å². The number of unbranched alkanes of at least 4 members (excludes halogenated alkanes) is 3. The molecule has 2 unspecified atom stereocenters. The third kappa shape index (κ3) is 4.99. The van der Waals surface area contributed by atoms with Crippen molar-refractivity contribution in [2.24, 2.45) is 0 Å². The van der Waals surface area contributed by atoms with Crippen LogP contribution in [-0.4, -0.2) is 55.1 Å². The minimum atomic E-state index is 0.607. The van der Waals surface area contributed by atoms with Crippen molar-refractivity contribution in [2.75, 3.05) is 33.2 Å². The average molecular weight is 253 g/mol. The number of hydrogen-bond acceptors (Lipinski definition) is 3. The predicted molar refractivity (Wildman–Crippen MR) is 79.8 cm³/mol. The van der Waals surface area contributed by atoms with Gasteiger partial charge in [-0.3, -0.25) is 4.90 Å². The molecule has 0 bridgehead atoms. The summed E-state index contributed by atoms with van der Waals surface area (Å²) in [6.07, 6.45) is 7.39. The van der Waals surface area contributed by atoms with Crippen LogP contribution < -0.4 is 5.32 Å². The van der Waals surface area contributed by atoms with Crippen LogP contribution in [0.15, 0.2) is 12.8 Å². The van der Waals surface area contributed by atoms with Gasteiger partial charge >= 0.3 is 0 Å². The molecule has 3 heteroatoms. The van der Waals surface area contributed by atoms with Gasteiger partial charge in [-0.05, 0) is 53.0 Å². The fourth-order valence-corrected chi connectivity index (χ4v) is 2.98. The molecule has 1 aliphatic rings. The Balaban J connectivity index is 2.14. The second-order valence-corrected chi connectivity index (χ2v) is 5.61. The number of nitrogens with zero attached hydrogens (tertiary/aromatic N) is 2. The first-order valence-corrected chi connectivity index (χ1v) is 7.46. The van der Waals surface area contributed by atoms with Crippen LogP contribution in [0.1, 0.15) is 39.5 Å². The summed E-state index contributed by atoms with van der Waals surface area (Å²) >= 11 is 0. The quantitative estimate of drug-likeness (QED) is 0.670. The van der Waals surface area contributed by atoms with Gasteiger partial charge in [0.1, 0.15) is 0 Å². The molecule has 0 spiro atoms. The summed E-state index contributed by atoms with van der Waals surface area (Å²) in [5, 5.41) is 3.21.